The van der Waals surface area contributed by atoms with Crippen LogP contribution >= 0.6 is 0 Å². The average molecular weight is 447 g/mol. The lowest BCUT2D eigenvalue weighted by atomic mass is 9.82. The molecule has 0 saturated carbocycles. The molecule has 0 amide bonds. The van der Waals surface area contributed by atoms with Gasteiger partial charge in [0.1, 0.15) is 11.5 Å². The lowest BCUT2D eigenvalue weighted by Crippen LogP contribution is -2.14. The molecule has 0 saturated heterocycles. The summed E-state index contributed by atoms with van der Waals surface area (Å²) in [7, 11) is 1.73. The Balaban J connectivity index is 0.000000554. The van der Waals surface area contributed by atoms with E-state index in [-0.39, 0.29) is 10.8 Å². The maximum Gasteiger partial charge on any atom is 0.125 e. The Labute approximate surface area is 201 Å². The third-order valence-electron chi connectivity index (χ3n) is 5.98. The largest absolute Gasteiger partial charge is 0.507 e. The summed E-state index contributed by atoms with van der Waals surface area (Å²) in [6.45, 7) is 17.5. The van der Waals surface area contributed by atoms with E-state index in [2.05, 4.69) is 79.7 Å². The molecule has 0 aliphatic carbocycles. The molecule has 3 aromatic carbocycles. The minimum atomic E-state index is 0.0413. The monoisotopic (exact) mass is 446 g/mol. The molecule has 0 atom stereocenters. The Morgan fingerprint density at radius 1 is 0.697 bits per heavy atom. The van der Waals surface area contributed by atoms with E-state index in [9.17, 15) is 5.11 Å². The first-order valence-electron chi connectivity index (χ1n) is 11.9. The molecule has 3 aromatic rings. The van der Waals surface area contributed by atoms with Crippen molar-refractivity contribution in [2.75, 3.05) is 7.11 Å². The molecule has 0 bridgehead atoms. The molecule has 1 N–H and O–H groups in total. The SMILES string of the molecule is CCc1cc(C(C)(C)C)cc(Cc2cc(C(C)(C)C)cc(C)c2OC)c1O.c1ccccc1. The summed E-state index contributed by atoms with van der Waals surface area (Å²) in [6.07, 6.45) is 1.48. The molecule has 0 radical (unpaired) electrons. The van der Waals surface area contributed by atoms with Crippen LogP contribution in [0.4, 0.5) is 0 Å². The zero-order valence-electron chi connectivity index (χ0n) is 22.0. The molecule has 2 heteroatoms. The number of aryl methyl sites for hydroxylation is 2. The first-order chi connectivity index (χ1) is 15.4. The molecule has 0 aliphatic heterocycles. The van der Waals surface area contributed by atoms with E-state index in [0.29, 0.717) is 12.2 Å². The van der Waals surface area contributed by atoms with Crippen LogP contribution in [0, 0.1) is 6.92 Å². The van der Waals surface area contributed by atoms with Gasteiger partial charge in [0.25, 0.3) is 0 Å². The second kappa shape index (κ2) is 10.9. The van der Waals surface area contributed by atoms with Crippen LogP contribution in [0.15, 0.2) is 60.7 Å². The summed E-state index contributed by atoms with van der Waals surface area (Å²) in [4.78, 5) is 0. The van der Waals surface area contributed by atoms with Gasteiger partial charge in [-0.05, 0) is 57.6 Å². The van der Waals surface area contributed by atoms with Gasteiger partial charge in [-0.2, -0.15) is 0 Å². The maximum atomic E-state index is 10.9. The lowest BCUT2D eigenvalue weighted by Gasteiger charge is -2.24. The standard InChI is InChI=1S/C25H36O2.C6H6/c1-10-17-13-21(25(6,7)8)14-18(22(17)26)12-19-15-20(24(3,4)5)11-16(2)23(19)27-9;1-2-4-6-5-3-1/h11,13-15,26H,10,12H2,1-9H3;1-6H. The molecule has 0 spiro atoms. The number of hydrogen-bond donors (Lipinski definition) is 1. The van der Waals surface area contributed by atoms with Crippen LogP contribution in [-0.4, -0.2) is 12.2 Å². The van der Waals surface area contributed by atoms with Crippen LogP contribution in [0.5, 0.6) is 11.5 Å². The van der Waals surface area contributed by atoms with Crippen molar-refractivity contribution in [2.24, 2.45) is 0 Å². The third-order valence-corrected chi connectivity index (χ3v) is 5.98. The van der Waals surface area contributed by atoms with Crippen molar-refractivity contribution in [3.8, 4) is 11.5 Å². The maximum absolute atomic E-state index is 10.9. The fourth-order valence-corrected chi connectivity index (χ4v) is 3.89. The molecule has 0 unspecified atom stereocenters. The van der Waals surface area contributed by atoms with E-state index in [0.717, 1.165) is 34.4 Å². The Kier molecular flexibility index (Phi) is 8.77. The molecule has 0 heterocycles. The van der Waals surface area contributed by atoms with E-state index in [4.69, 9.17) is 4.74 Å². The summed E-state index contributed by atoms with van der Waals surface area (Å²) < 4.78 is 5.73. The Morgan fingerprint density at radius 3 is 1.55 bits per heavy atom. The highest BCUT2D eigenvalue weighted by Gasteiger charge is 2.21. The van der Waals surface area contributed by atoms with E-state index in [1.165, 1.54) is 11.1 Å². The second-order valence-electron chi connectivity index (χ2n) is 10.8. The van der Waals surface area contributed by atoms with Crippen molar-refractivity contribution >= 4 is 0 Å². The number of ether oxygens (including phenoxy) is 1. The van der Waals surface area contributed by atoms with Crippen molar-refractivity contribution in [3.63, 3.8) is 0 Å². The summed E-state index contributed by atoms with van der Waals surface area (Å²) in [5, 5.41) is 10.9. The van der Waals surface area contributed by atoms with Gasteiger partial charge in [-0.1, -0.05) is 109 Å². The zero-order valence-corrected chi connectivity index (χ0v) is 22.0. The molecule has 33 heavy (non-hydrogen) atoms. The fraction of sp³-hybridized carbons (Fsp3) is 0.419. The van der Waals surface area contributed by atoms with Gasteiger partial charge in [-0.25, -0.2) is 0 Å². The molecule has 0 fully saturated rings. The van der Waals surface area contributed by atoms with Crippen LogP contribution in [0.1, 0.15) is 81.8 Å². The quantitative estimate of drug-likeness (QED) is 0.438. The Hall–Kier alpha value is -2.74. The summed E-state index contributed by atoms with van der Waals surface area (Å²) in [6, 6.07) is 20.8. The first kappa shape index (κ1) is 26.5. The summed E-state index contributed by atoms with van der Waals surface area (Å²) in [5.41, 5.74) is 6.92. The van der Waals surface area contributed by atoms with Crippen LogP contribution in [-0.2, 0) is 23.7 Å². The van der Waals surface area contributed by atoms with Gasteiger partial charge in [-0.15, -0.1) is 0 Å². The number of benzene rings is 3. The molecule has 178 valence electrons. The van der Waals surface area contributed by atoms with E-state index in [1.807, 2.05) is 36.4 Å². The molecular formula is C31H42O2. The summed E-state index contributed by atoms with van der Waals surface area (Å²) in [5.74, 6) is 1.34. The van der Waals surface area contributed by atoms with Gasteiger partial charge in [0, 0.05) is 6.42 Å². The van der Waals surface area contributed by atoms with Gasteiger partial charge in [0.05, 0.1) is 7.11 Å². The van der Waals surface area contributed by atoms with Crippen molar-refractivity contribution in [2.45, 2.75) is 79.1 Å². The number of phenols is 1. The highest BCUT2D eigenvalue weighted by atomic mass is 16.5. The first-order valence-corrected chi connectivity index (χ1v) is 11.9. The van der Waals surface area contributed by atoms with Crippen LogP contribution in [0.3, 0.4) is 0 Å². The number of rotatable bonds is 4. The van der Waals surface area contributed by atoms with E-state index >= 15 is 0 Å². The average Bonchev–Trinajstić information content (AvgIpc) is 2.75. The number of hydrogen-bond acceptors (Lipinski definition) is 2. The highest BCUT2D eigenvalue weighted by molar-refractivity contribution is 5.52. The third kappa shape index (κ3) is 7.12. The van der Waals surface area contributed by atoms with Gasteiger partial charge in [0.2, 0.25) is 0 Å². The van der Waals surface area contributed by atoms with Gasteiger partial charge >= 0.3 is 0 Å². The van der Waals surface area contributed by atoms with Crippen LogP contribution in [0.25, 0.3) is 0 Å². The van der Waals surface area contributed by atoms with Gasteiger partial charge < -0.3 is 9.84 Å². The Morgan fingerprint density at radius 2 is 1.12 bits per heavy atom. The smallest absolute Gasteiger partial charge is 0.125 e. The molecule has 2 nitrogen and oxygen atoms in total. The van der Waals surface area contributed by atoms with E-state index < -0.39 is 0 Å². The highest BCUT2D eigenvalue weighted by Crippen LogP contribution is 2.37. The predicted octanol–water partition coefficient (Wildman–Crippen LogP) is 8.14. The van der Waals surface area contributed by atoms with Crippen molar-refractivity contribution in [1.82, 2.24) is 0 Å². The normalized spacial score (nSPS) is 11.5. The molecule has 3 rings (SSSR count). The second-order valence-corrected chi connectivity index (χ2v) is 10.8. The Bertz CT molecular complexity index is 1010. The van der Waals surface area contributed by atoms with Crippen molar-refractivity contribution in [3.05, 3.63) is 94.0 Å². The zero-order chi connectivity index (χ0) is 24.8. The topological polar surface area (TPSA) is 29.5 Å². The van der Waals surface area contributed by atoms with Crippen molar-refractivity contribution < 1.29 is 9.84 Å². The van der Waals surface area contributed by atoms with Crippen molar-refractivity contribution in [1.29, 1.82) is 0 Å². The number of methoxy groups -OCH3 is 1. The summed E-state index contributed by atoms with van der Waals surface area (Å²) >= 11 is 0. The van der Waals surface area contributed by atoms with E-state index in [1.54, 1.807) is 7.11 Å². The lowest BCUT2D eigenvalue weighted by molar-refractivity contribution is 0.406. The van der Waals surface area contributed by atoms with Gasteiger partial charge in [0.15, 0.2) is 0 Å². The minimum absolute atomic E-state index is 0.0413. The van der Waals surface area contributed by atoms with Crippen LogP contribution < -0.4 is 4.74 Å². The molecular weight excluding hydrogens is 404 g/mol. The minimum Gasteiger partial charge on any atom is -0.507 e. The van der Waals surface area contributed by atoms with Gasteiger partial charge in [-0.3, -0.25) is 0 Å². The van der Waals surface area contributed by atoms with Crippen LogP contribution in [0.2, 0.25) is 0 Å². The molecule has 0 aromatic heterocycles. The number of aromatic hydroxyl groups is 1. The predicted molar refractivity (Wildman–Crippen MR) is 142 cm³/mol. The number of phenolic OH excluding ortho intramolecular Hbond substituents is 1. The fourth-order valence-electron chi connectivity index (χ4n) is 3.89. The molecule has 0 aliphatic rings.